The Morgan fingerprint density at radius 1 is 1.35 bits per heavy atom. The highest BCUT2D eigenvalue weighted by molar-refractivity contribution is 6.07. The minimum absolute atomic E-state index is 0.133. The Hall–Kier alpha value is -2.10. The Morgan fingerprint density at radius 3 is 2.59 bits per heavy atom. The summed E-state index contributed by atoms with van der Waals surface area (Å²) in [5, 5.41) is 2.68. The average Bonchev–Trinajstić information content (AvgIpc) is 2.25. The molecule has 0 unspecified atom stereocenters. The molecule has 0 saturated heterocycles. The maximum absolute atomic E-state index is 11.0. The predicted octanol–water partition coefficient (Wildman–Crippen LogP) is 1.75. The van der Waals surface area contributed by atoms with E-state index in [1.807, 2.05) is 20.2 Å². The van der Waals surface area contributed by atoms with Gasteiger partial charge in [0.2, 0.25) is 5.91 Å². The molecule has 1 aromatic carbocycles. The summed E-state index contributed by atoms with van der Waals surface area (Å²) >= 11 is 0. The molecule has 0 heterocycles. The van der Waals surface area contributed by atoms with Crippen molar-refractivity contribution in [3.8, 4) is 0 Å². The third-order valence-electron chi connectivity index (χ3n) is 2.04. The van der Waals surface area contributed by atoms with Gasteiger partial charge in [-0.2, -0.15) is 0 Å². The lowest BCUT2D eigenvalue weighted by Gasteiger charge is -2.09. The van der Waals surface area contributed by atoms with Crippen LogP contribution >= 0.6 is 0 Å². The molecule has 1 rings (SSSR count). The summed E-state index contributed by atoms with van der Waals surface area (Å²) in [6.45, 7) is 1.45. The van der Waals surface area contributed by atoms with Crippen molar-refractivity contribution in [1.29, 1.82) is 0 Å². The summed E-state index contributed by atoms with van der Waals surface area (Å²) in [6, 6.07) is 7.18. The summed E-state index contributed by atoms with van der Waals surface area (Å²) < 4.78 is 0. The monoisotopic (exact) mass is 232 g/mol. The minimum Gasteiger partial charge on any atom is -0.383 e. The van der Waals surface area contributed by atoms with Gasteiger partial charge >= 0.3 is 0 Å². The van der Waals surface area contributed by atoms with Crippen LogP contribution in [-0.2, 0) is 9.59 Å². The lowest BCUT2D eigenvalue weighted by atomic mass is 10.1. The largest absolute Gasteiger partial charge is 0.383 e. The molecule has 0 aromatic heterocycles. The van der Waals surface area contributed by atoms with Crippen LogP contribution in [0.5, 0.6) is 0 Å². The third kappa shape index (κ3) is 4.10. The SMILES string of the molecule is CC(=O)Nc1cccc(/C(C=O)=C\N(C)C)c1. The van der Waals surface area contributed by atoms with Gasteiger partial charge in [0.1, 0.15) is 0 Å². The molecule has 90 valence electrons. The molecule has 0 saturated carbocycles. The van der Waals surface area contributed by atoms with Crippen LogP contribution in [0.3, 0.4) is 0 Å². The highest BCUT2D eigenvalue weighted by Crippen LogP contribution is 2.17. The van der Waals surface area contributed by atoms with Gasteiger partial charge < -0.3 is 10.2 Å². The lowest BCUT2D eigenvalue weighted by molar-refractivity contribution is -0.114. The molecule has 1 N–H and O–H groups in total. The van der Waals surface area contributed by atoms with Crippen LogP contribution in [0.15, 0.2) is 30.5 Å². The predicted molar refractivity (Wildman–Crippen MR) is 68.5 cm³/mol. The van der Waals surface area contributed by atoms with Crippen LogP contribution in [-0.4, -0.2) is 31.2 Å². The number of nitrogens with one attached hydrogen (secondary N) is 1. The smallest absolute Gasteiger partial charge is 0.221 e. The molecule has 1 aromatic rings. The van der Waals surface area contributed by atoms with E-state index in [9.17, 15) is 9.59 Å². The van der Waals surface area contributed by atoms with Gasteiger partial charge in [-0.3, -0.25) is 9.59 Å². The normalized spacial score (nSPS) is 10.9. The molecule has 0 spiro atoms. The highest BCUT2D eigenvalue weighted by atomic mass is 16.1. The van der Waals surface area contributed by atoms with E-state index < -0.39 is 0 Å². The van der Waals surface area contributed by atoms with Gasteiger partial charge in [-0.15, -0.1) is 0 Å². The zero-order valence-corrected chi connectivity index (χ0v) is 10.2. The molecule has 0 atom stereocenters. The van der Waals surface area contributed by atoms with Crippen LogP contribution in [0, 0.1) is 0 Å². The number of anilines is 1. The first-order chi connectivity index (χ1) is 8.02. The molecule has 1 amide bonds. The Bertz CT molecular complexity index is 450. The van der Waals surface area contributed by atoms with Crippen molar-refractivity contribution in [3.05, 3.63) is 36.0 Å². The fourth-order valence-corrected chi connectivity index (χ4v) is 1.43. The molecule has 0 aliphatic rings. The number of hydrogen-bond donors (Lipinski definition) is 1. The molecule has 0 bridgehead atoms. The minimum atomic E-state index is -0.133. The van der Waals surface area contributed by atoms with Crippen molar-refractivity contribution in [2.75, 3.05) is 19.4 Å². The molecule has 0 fully saturated rings. The van der Waals surface area contributed by atoms with E-state index in [4.69, 9.17) is 0 Å². The van der Waals surface area contributed by atoms with Gasteiger partial charge in [-0.25, -0.2) is 0 Å². The molecular weight excluding hydrogens is 216 g/mol. The molecule has 0 aliphatic heterocycles. The van der Waals surface area contributed by atoms with Crippen LogP contribution in [0.25, 0.3) is 5.57 Å². The number of aldehydes is 1. The van der Waals surface area contributed by atoms with E-state index >= 15 is 0 Å². The van der Waals surface area contributed by atoms with Crippen LogP contribution in [0.2, 0.25) is 0 Å². The quantitative estimate of drug-likeness (QED) is 0.635. The fourth-order valence-electron chi connectivity index (χ4n) is 1.43. The number of carbonyl (C=O) groups is 2. The second-order valence-corrected chi connectivity index (χ2v) is 3.93. The Kier molecular flexibility index (Phi) is 4.46. The van der Waals surface area contributed by atoms with E-state index in [0.29, 0.717) is 11.3 Å². The number of nitrogens with zero attached hydrogens (tertiary/aromatic N) is 1. The van der Waals surface area contributed by atoms with E-state index in [-0.39, 0.29) is 5.91 Å². The lowest BCUT2D eigenvalue weighted by Crippen LogP contribution is -2.06. The number of hydrogen-bond acceptors (Lipinski definition) is 3. The van der Waals surface area contributed by atoms with Crippen molar-refractivity contribution in [1.82, 2.24) is 4.90 Å². The summed E-state index contributed by atoms with van der Waals surface area (Å²) in [6.07, 6.45) is 2.53. The summed E-state index contributed by atoms with van der Waals surface area (Å²) in [5.41, 5.74) is 2.03. The van der Waals surface area contributed by atoms with Crippen molar-refractivity contribution in [2.45, 2.75) is 6.92 Å². The van der Waals surface area contributed by atoms with Gasteiger partial charge in [0.05, 0.1) is 0 Å². The third-order valence-corrected chi connectivity index (χ3v) is 2.04. The van der Waals surface area contributed by atoms with Crippen molar-refractivity contribution in [2.24, 2.45) is 0 Å². The zero-order chi connectivity index (χ0) is 12.8. The van der Waals surface area contributed by atoms with Gasteiger partial charge in [0, 0.05) is 38.5 Å². The fraction of sp³-hybridized carbons (Fsp3) is 0.231. The van der Waals surface area contributed by atoms with E-state index in [1.165, 1.54) is 6.92 Å². The van der Waals surface area contributed by atoms with Crippen molar-refractivity contribution >= 4 is 23.5 Å². The van der Waals surface area contributed by atoms with E-state index in [0.717, 1.165) is 11.8 Å². The van der Waals surface area contributed by atoms with Gasteiger partial charge in [-0.05, 0) is 17.7 Å². The number of allylic oxidation sites excluding steroid dienone is 1. The molecule has 0 aliphatic carbocycles. The first kappa shape index (κ1) is 13.0. The Labute approximate surface area is 101 Å². The first-order valence-corrected chi connectivity index (χ1v) is 5.24. The van der Waals surface area contributed by atoms with Crippen LogP contribution in [0.4, 0.5) is 5.69 Å². The highest BCUT2D eigenvalue weighted by Gasteiger charge is 2.03. The summed E-state index contributed by atoms with van der Waals surface area (Å²) in [7, 11) is 3.70. The molecular formula is C13H16N2O2. The maximum atomic E-state index is 11.0. The van der Waals surface area contributed by atoms with E-state index in [2.05, 4.69) is 5.32 Å². The first-order valence-electron chi connectivity index (χ1n) is 5.24. The second kappa shape index (κ2) is 5.84. The van der Waals surface area contributed by atoms with Gasteiger partial charge in [0.15, 0.2) is 6.29 Å². The maximum Gasteiger partial charge on any atom is 0.221 e. The summed E-state index contributed by atoms with van der Waals surface area (Å²) in [5.74, 6) is -0.133. The Balaban J connectivity index is 3.05. The van der Waals surface area contributed by atoms with Crippen LogP contribution < -0.4 is 5.32 Å². The average molecular weight is 232 g/mol. The topological polar surface area (TPSA) is 49.4 Å². The number of rotatable bonds is 4. The van der Waals surface area contributed by atoms with E-state index in [1.54, 1.807) is 29.3 Å². The molecule has 17 heavy (non-hydrogen) atoms. The molecule has 4 heteroatoms. The zero-order valence-electron chi connectivity index (χ0n) is 10.2. The number of benzene rings is 1. The molecule has 4 nitrogen and oxygen atoms in total. The van der Waals surface area contributed by atoms with Crippen LogP contribution in [0.1, 0.15) is 12.5 Å². The van der Waals surface area contributed by atoms with Gasteiger partial charge in [0.25, 0.3) is 0 Å². The van der Waals surface area contributed by atoms with Crippen molar-refractivity contribution in [3.63, 3.8) is 0 Å². The molecule has 0 radical (unpaired) electrons. The number of amides is 1. The Morgan fingerprint density at radius 2 is 2.06 bits per heavy atom. The standard InChI is InChI=1S/C13H16N2O2/c1-10(17)14-13-6-4-5-11(7-13)12(9-16)8-15(2)3/h4-9H,1-3H3,(H,14,17)/b12-8-. The number of carbonyl (C=O) groups excluding carboxylic acids is 2. The van der Waals surface area contributed by atoms with Gasteiger partial charge in [-0.1, -0.05) is 12.1 Å². The second-order valence-electron chi connectivity index (χ2n) is 3.93. The summed E-state index contributed by atoms with van der Waals surface area (Å²) in [4.78, 5) is 23.7. The van der Waals surface area contributed by atoms with Crippen molar-refractivity contribution < 1.29 is 9.59 Å².